The number of aryl methyl sites for hydroxylation is 1. The number of benzene rings is 1. The first-order chi connectivity index (χ1) is 8.72. The molecule has 1 aromatic heterocycles. The summed E-state index contributed by atoms with van der Waals surface area (Å²) in [4.78, 5) is 11.9. The van der Waals surface area contributed by atoms with Gasteiger partial charge in [-0.3, -0.25) is 5.10 Å². The Balaban J connectivity index is 2.26. The van der Waals surface area contributed by atoms with Crippen LogP contribution in [0.1, 0.15) is 34.2 Å². The minimum atomic E-state index is -0.310. The van der Waals surface area contributed by atoms with Crippen LogP contribution in [0.2, 0.25) is 0 Å². The first-order valence-electron chi connectivity index (χ1n) is 5.97. The van der Waals surface area contributed by atoms with Crippen molar-refractivity contribution in [3.05, 3.63) is 52.8 Å². The molecule has 0 radical (unpaired) electrons. The van der Waals surface area contributed by atoms with Gasteiger partial charge in [-0.25, -0.2) is 4.79 Å². The molecule has 2 rings (SSSR count). The average Bonchev–Trinajstić information content (AvgIpc) is 2.72. The van der Waals surface area contributed by atoms with Crippen molar-refractivity contribution in [1.82, 2.24) is 10.2 Å². The molecule has 0 spiro atoms. The Bertz CT molecular complexity index is 532. The van der Waals surface area contributed by atoms with E-state index in [0.717, 1.165) is 17.0 Å². The topological polar surface area (TPSA) is 55.0 Å². The van der Waals surface area contributed by atoms with Crippen LogP contribution in [0, 0.1) is 6.92 Å². The third kappa shape index (κ3) is 2.59. The van der Waals surface area contributed by atoms with Crippen LogP contribution >= 0.6 is 0 Å². The van der Waals surface area contributed by atoms with Gasteiger partial charge in [0.15, 0.2) is 0 Å². The van der Waals surface area contributed by atoms with E-state index in [2.05, 4.69) is 10.2 Å². The lowest BCUT2D eigenvalue weighted by Gasteiger charge is -2.03. The fourth-order valence-electron chi connectivity index (χ4n) is 1.87. The van der Waals surface area contributed by atoms with Crippen molar-refractivity contribution in [2.24, 2.45) is 0 Å². The Morgan fingerprint density at radius 1 is 1.33 bits per heavy atom. The van der Waals surface area contributed by atoms with Gasteiger partial charge in [0.25, 0.3) is 0 Å². The molecule has 1 N–H and O–H groups in total. The number of ether oxygens (including phenoxy) is 1. The highest BCUT2D eigenvalue weighted by molar-refractivity contribution is 5.92. The zero-order valence-electron chi connectivity index (χ0n) is 10.6. The number of aromatic amines is 1. The van der Waals surface area contributed by atoms with Gasteiger partial charge in [0.2, 0.25) is 0 Å². The summed E-state index contributed by atoms with van der Waals surface area (Å²) in [6.07, 6.45) is 0.624. The summed E-state index contributed by atoms with van der Waals surface area (Å²) in [6.45, 7) is 3.99. The van der Waals surface area contributed by atoms with E-state index in [4.69, 9.17) is 4.74 Å². The Morgan fingerprint density at radius 2 is 2.06 bits per heavy atom. The molecule has 0 saturated heterocycles. The highest BCUT2D eigenvalue weighted by Gasteiger charge is 2.19. The van der Waals surface area contributed by atoms with Crippen molar-refractivity contribution in [3.63, 3.8) is 0 Å². The fourth-order valence-corrected chi connectivity index (χ4v) is 1.87. The van der Waals surface area contributed by atoms with E-state index in [1.54, 1.807) is 6.92 Å². The summed E-state index contributed by atoms with van der Waals surface area (Å²) >= 11 is 0. The first kappa shape index (κ1) is 12.4. The van der Waals surface area contributed by atoms with Crippen LogP contribution in [0.5, 0.6) is 0 Å². The predicted molar refractivity (Wildman–Crippen MR) is 68.5 cm³/mol. The zero-order valence-corrected chi connectivity index (χ0v) is 10.6. The highest BCUT2D eigenvalue weighted by atomic mass is 16.5. The number of aromatic nitrogens is 2. The molecule has 0 fully saturated rings. The molecule has 0 atom stereocenters. The van der Waals surface area contributed by atoms with Crippen LogP contribution < -0.4 is 0 Å². The molecule has 2 aromatic rings. The predicted octanol–water partition coefficient (Wildman–Crippen LogP) is 2.49. The van der Waals surface area contributed by atoms with Crippen LogP contribution in [0.4, 0.5) is 0 Å². The molecular formula is C14H16N2O2. The SMILES string of the molecule is CCOC(=O)c1c(Cc2ccccc2)n[nH]c1C. The number of hydrogen-bond donors (Lipinski definition) is 1. The zero-order chi connectivity index (χ0) is 13.0. The smallest absolute Gasteiger partial charge is 0.341 e. The lowest BCUT2D eigenvalue weighted by Crippen LogP contribution is -2.08. The highest BCUT2D eigenvalue weighted by Crippen LogP contribution is 2.16. The molecule has 0 aliphatic rings. The Hall–Kier alpha value is -2.10. The van der Waals surface area contributed by atoms with E-state index in [0.29, 0.717) is 18.6 Å². The molecule has 0 aliphatic heterocycles. The molecule has 0 saturated carbocycles. The number of esters is 1. The number of rotatable bonds is 4. The molecule has 4 heteroatoms. The van der Waals surface area contributed by atoms with Gasteiger partial charge in [-0.2, -0.15) is 5.10 Å². The number of nitrogens with zero attached hydrogens (tertiary/aromatic N) is 1. The summed E-state index contributed by atoms with van der Waals surface area (Å²) in [5.41, 5.74) is 3.16. The number of H-pyrrole nitrogens is 1. The third-order valence-electron chi connectivity index (χ3n) is 2.72. The lowest BCUT2D eigenvalue weighted by molar-refractivity contribution is 0.0524. The van der Waals surface area contributed by atoms with Crippen molar-refractivity contribution in [2.45, 2.75) is 20.3 Å². The van der Waals surface area contributed by atoms with Crippen molar-refractivity contribution >= 4 is 5.97 Å². The van der Waals surface area contributed by atoms with Gasteiger partial charge < -0.3 is 4.74 Å². The van der Waals surface area contributed by atoms with E-state index in [-0.39, 0.29) is 5.97 Å². The van der Waals surface area contributed by atoms with E-state index in [9.17, 15) is 4.79 Å². The maximum Gasteiger partial charge on any atom is 0.341 e. The van der Waals surface area contributed by atoms with E-state index in [1.165, 1.54) is 0 Å². The molecule has 1 heterocycles. The second-order valence-electron chi connectivity index (χ2n) is 4.05. The van der Waals surface area contributed by atoms with Gasteiger partial charge in [-0.15, -0.1) is 0 Å². The molecule has 4 nitrogen and oxygen atoms in total. The number of hydrogen-bond acceptors (Lipinski definition) is 3. The molecule has 1 aromatic carbocycles. The van der Waals surface area contributed by atoms with Gasteiger partial charge in [0.05, 0.1) is 12.3 Å². The molecule has 0 bridgehead atoms. The Kier molecular flexibility index (Phi) is 3.77. The molecular weight excluding hydrogens is 228 g/mol. The second kappa shape index (κ2) is 5.49. The molecule has 0 unspecified atom stereocenters. The Labute approximate surface area is 106 Å². The maximum absolute atomic E-state index is 11.9. The Morgan fingerprint density at radius 3 is 2.72 bits per heavy atom. The normalized spacial score (nSPS) is 10.3. The maximum atomic E-state index is 11.9. The van der Waals surface area contributed by atoms with Crippen molar-refractivity contribution in [1.29, 1.82) is 0 Å². The van der Waals surface area contributed by atoms with Gasteiger partial charge >= 0.3 is 5.97 Å². The van der Waals surface area contributed by atoms with Gasteiger partial charge in [0.1, 0.15) is 5.56 Å². The van der Waals surface area contributed by atoms with Crippen LogP contribution in [0.15, 0.2) is 30.3 Å². The van der Waals surface area contributed by atoms with Gasteiger partial charge in [0, 0.05) is 12.1 Å². The van der Waals surface area contributed by atoms with E-state index >= 15 is 0 Å². The molecule has 18 heavy (non-hydrogen) atoms. The van der Waals surface area contributed by atoms with Crippen LogP contribution in [-0.4, -0.2) is 22.8 Å². The van der Waals surface area contributed by atoms with Crippen LogP contribution in [0.25, 0.3) is 0 Å². The minimum absolute atomic E-state index is 0.310. The largest absolute Gasteiger partial charge is 0.462 e. The average molecular weight is 244 g/mol. The summed E-state index contributed by atoms with van der Waals surface area (Å²) in [6, 6.07) is 9.93. The molecule has 0 aliphatic carbocycles. The summed E-state index contributed by atoms with van der Waals surface area (Å²) in [5, 5.41) is 7.03. The summed E-state index contributed by atoms with van der Waals surface area (Å²) in [5.74, 6) is -0.310. The number of carbonyl (C=O) groups is 1. The fraction of sp³-hybridized carbons (Fsp3) is 0.286. The summed E-state index contributed by atoms with van der Waals surface area (Å²) in [7, 11) is 0. The monoisotopic (exact) mass is 244 g/mol. The van der Waals surface area contributed by atoms with E-state index in [1.807, 2.05) is 37.3 Å². The lowest BCUT2D eigenvalue weighted by atomic mass is 10.1. The van der Waals surface area contributed by atoms with Gasteiger partial charge in [-0.1, -0.05) is 30.3 Å². The van der Waals surface area contributed by atoms with Crippen LogP contribution in [-0.2, 0) is 11.2 Å². The van der Waals surface area contributed by atoms with E-state index < -0.39 is 0 Å². The minimum Gasteiger partial charge on any atom is -0.462 e. The van der Waals surface area contributed by atoms with Crippen molar-refractivity contribution in [3.8, 4) is 0 Å². The van der Waals surface area contributed by atoms with Crippen molar-refractivity contribution < 1.29 is 9.53 Å². The number of nitrogens with one attached hydrogen (secondary N) is 1. The second-order valence-corrected chi connectivity index (χ2v) is 4.05. The standard InChI is InChI=1S/C14H16N2O2/c1-3-18-14(17)13-10(2)15-16-12(13)9-11-7-5-4-6-8-11/h4-8H,3,9H2,1-2H3,(H,15,16). The van der Waals surface area contributed by atoms with Crippen LogP contribution in [0.3, 0.4) is 0 Å². The first-order valence-corrected chi connectivity index (χ1v) is 5.97. The molecule has 0 amide bonds. The van der Waals surface area contributed by atoms with Crippen molar-refractivity contribution in [2.75, 3.05) is 6.61 Å². The quantitative estimate of drug-likeness (QED) is 0.841. The van der Waals surface area contributed by atoms with Gasteiger partial charge in [-0.05, 0) is 19.4 Å². The molecule has 94 valence electrons. The third-order valence-corrected chi connectivity index (χ3v) is 2.72. The summed E-state index contributed by atoms with van der Waals surface area (Å²) < 4.78 is 5.05. The number of carbonyl (C=O) groups excluding carboxylic acids is 1.